The van der Waals surface area contributed by atoms with Crippen LogP contribution in [-0.2, 0) is 0 Å². The van der Waals surface area contributed by atoms with Crippen molar-refractivity contribution >= 4 is 17.3 Å². The van der Waals surface area contributed by atoms with Crippen LogP contribution >= 0.6 is 11.6 Å². The molecule has 0 amide bonds. The Morgan fingerprint density at radius 1 is 1.19 bits per heavy atom. The summed E-state index contributed by atoms with van der Waals surface area (Å²) in [5.74, 6) is 2.35. The lowest BCUT2D eigenvalue weighted by Gasteiger charge is -2.20. The number of halogens is 1. The zero-order valence-corrected chi connectivity index (χ0v) is 9.72. The van der Waals surface area contributed by atoms with Gasteiger partial charge in [-0.2, -0.15) is 0 Å². The Morgan fingerprint density at radius 2 is 1.88 bits per heavy atom. The second-order valence-electron chi connectivity index (χ2n) is 4.30. The third-order valence-electron chi connectivity index (χ3n) is 2.91. The highest BCUT2D eigenvalue weighted by atomic mass is 35.5. The first-order valence-electron chi connectivity index (χ1n) is 5.66. The molecular formula is C12H14ClNO2. The van der Waals surface area contributed by atoms with Crippen molar-refractivity contribution in [3.63, 3.8) is 0 Å². The van der Waals surface area contributed by atoms with E-state index in [4.69, 9.17) is 21.1 Å². The lowest BCUT2D eigenvalue weighted by Crippen LogP contribution is -2.15. The van der Waals surface area contributed by atoms with Gasteiger partial charge >= 0.3 is 0 Å². The van der Waals surface area contributed by atoms with Gasteiger partial charge in [0.05, 0.1) is 10.7 Å². The van der Waals surface area contributed by atoms with Crippen molar-refractivity contribution in [3.05, 3.63) is 17.2 Å². The summed E-state index contributed by atoms with van der Waals surface area (Å²) in [6.45, 7) is 2.20. The van der Waals surface area contributed by atoms with Gasteiger partial charge in [-0.3, -0.25) is 0 Å². The van der Waals surface area contributed by atoms with E-state index in [-0.39, 0.29) is 0 Å². The number of hydrogen-bond donors (Lipinski definition) is 1. The SMILES string of the molecule is Clc1cc2c(cc1NCC1CC1)OCCO2. The smallest absolute Gasteiger partial charge is 0.163 e. The number of nitrogens with one attached hydrogen (secondary N) is 1. The minimum atomic E-state index is 0.595. The predicted molar refractivity (Wildman–Crippen MR) is 63.7 cm³/mol. The summed E-state index contributed by atoms with van der Waals surface area (Å²) in [6, 6.07) is 3.75. The number of rotatable bonds is 3. The number of benzene rings is 1. The molecule has 0 unspecified atom stereocenters. The topological polar surface area (TPSA) is 30.5 Å². The van der Waals surface area contributed by atoms with Crippen LogP contribution in [0.15, 0.2) is 12.1 Å². The maximum atomic E-state index is 6.17. The van der Waals surface area contributed by atoms with E-state index in [0.717, 1.165) is 29.6 Å². The van der Waals surface area contributed by atoms with E-state index in [9.17, 15) is 0 Å². The summed E-state index contributed by atoms with van der Waals surface area (Å²) >= 11 is 6.17. The molecule has 1 aromatic carbocycles. The molecule has 0 aromatic heterocycles. The molecule has 2 aliphatic rings. The van der Waals surface area contributed by atoms with Gasteiger partial charge in [0.2, 0.25) is 0 Å². The maximum Gasteiger partial charge on any atom is 0.163 e. The van der Waals surface area contributed by atoms with E-state index in [1.54, 1.807) is 0 Å². The molecule has 1 N–H and O–H groups in total. The normalized spacial score (nSPS) is 18.3. The van der Waals surface area contributed by atoms with Gasteiger partial charge < -0.3 is 14.8 Å². The minimum Gasteiger partial charge on any atom is -0.486 e. The summed E-state index contributed by atoms with van der Waals surface area (Å²) in [7, 11) is 0. The molecule has 0 atom stereocenters. The summed E-state index contributed by atoms with van der Waals surface area (Å²) in [4.78, 5) is 0. The molecule has 1 aromatic rings. The molecule has 1 fully saturated rings. The molecular weight excluding hydrogens is 226 g/mol. The second-order valence-corrected chi connectivity index (χ2v) is 4.71. The molecule has 16 heavy (non-hydrogen) atoms. The molecule has 3 nitrogen and oxygen atoms in total. The van der Waals surface area contributed by atoms with Crippen LogP contribution in [0, 0.1) is 5.92 Å². The van der Waals surface area contributed by atoms with Gasteiger partial charge in [-0.1, -0.05) is 11.6 Å². The lowest BCUT2D eigenvalue weighted by atomic mass is 10.2. The van der Waals surface area contributed by atoms with Crippen molar-refractivity contribution in [2.45, 2.75) is 12.8 Å². The highest BCUT2D eigenvalue weighted by Gasteiger charge is 2.21. The quantitative estimate of drug-likeness (QED) is 0.880. The van der Waals surface area contributed by atoms with Gasteiger partial charge in [0.15, 0.2) is 11.5 Å². The van der Waals surface area contributed by atoms with Gasteiger partial charge in [0.1, 0.15) is 13.2 Å². The van der Waals surface area contributed by atoms with Gasteiger partial charge in [-0.05, 0) is 18.8 Å². The van der Waals surface area contributed by atoms with E-state index < -0.39 is 0 Å². The van der Waals surface area contributed by atoms with E-state index >= 15 is 0 Å². The summed E-state index contributed by atoms with van der Waals surface area (Å²) in [6.07, 6.45) is 2.66. The molecule has 4 heteroatoms. The highest BCUT2D eigenvalue weighted by Crippen LogP contribution is 2.38. The van der Waals surface area contributed by atoms with E-state index in [0.29, 0.717) is 18.2 Å². The summed E-state index contributed by atoms with van der Waals surface area (Å²) in [5, 5.41) is 4.06. The van der Waals surface area contributed by atoms with Crippen molar-refractivity contribution in [1.29, 1.82) is 0 Å². The van der Waals surface area contributed by atoms with Gasteiger partial charge in [0.25, 0.3) is 0 Å². The van der Waals surface area contributed by atoms with E-state index in [1.165, 1.54) is 12.8 Å². The van der Waals surface area contributed by atoms with Gasteiger partial charge in [-0.15, -0.1) is 0 Å². The van der Waals surface area contributed by atoms with Crippen LogP contribution in [0.1, 0.15) is 12.8 Å². The van der Waals surface area contributed by atoms with Crippen LogP contribution < -0.4 is 14.8 Å². The van der Waals surface area contributed by atoms with Crippen LogP contribution in [-0.4, -0.2) is 19.8 Å². The van der Waals surface area contributed by atoms with Crippen molar-refractivity contribution in [2.75, 3.05) is 25.1 Å². The van der Waals surface area contributed by atoms with Gasteiger partial charge in [-0.25, -0.2) is 0 Å². The molecule has 0 bridgehead atoms. The third kappa shape index (κ3) is 2.05. The Labute approximate surface area is 99.7 Å². The Morgan fingerprint density at radius 3 is 2.56 bits per heavy atom. The average Bonchev–Trinajstić information content (AvgIpc) is 3.10. The fourth-order valence-corrected chi connectivity index (χ4v) is 2.00. The Kier molecular flexibility index (Phi) is 2.56. The molecule has 1 aliphatic heterocycles. The third-order valence-corrected chi connectivity index (χ3v) is 3.22. The fourth-order valence-electron chi connectivity index (χ4n) is 1.78. The molecule has 1 heterocycles. The van der Waals surface area contributed by atoms with Crippen molar-refractivity contribution in [3.8, 4) is 11.5 Å². The molecule has 3 rings (SSSR count). The zero-order chi connectivity index (χ0) is 11.0. The van der Waals surface area contributed by atoms with Crippen LogP contribution in [0.25, 0.3) is 0 Å². The fraction of sp³-hybridized carbons (Fsp3) is 0.500. The van der Waals surface area contributed by atoms with Crippen LogP contribution in [0.3, 0.4) is 0 Å². The number of ether oxygens (including phenoxy) is 2. The first-order chi connectivity index (χ1) is 7.83. The molecule has 0 spiro atoms. The first kappa shape index (κ1) is 10.1. The average molecular weight is 240 g/mol. The van der Waals surface area contributed by atoms with E-state index in [2.05, 4.69) is 5.32 Å². The molecule has 86 valence electrons. The first-order valence-corrected chi connectivity index (χ1v) is 6.04. The van der Waals surface area contributed by atoms with Crippen LogP contribution in [0.5, 0.6) is 11.5 Å². The maximum absolute atomic E-state index is 6.17. The predicted octanol–water partition coefficient (Wildman–Crippen LogP) is 2.93. The molecule has 1 saturated carbocycles. The molecule has 0 radical (unpaired) electrons. The van der Waals surface area contributed by atoms with Crippen LogP contribution in [0.2, 0.25) is 5.02 Å². The molecule has 0 saturated heterocycles. The highest BCUT2D eigenvalue weighted by molar-refractivity contribution is 6.33. The molecule has 1 aliphatic carbocycles. The second kappa shape index (κ2) is 4.06. The lowest BCUT2D eigenvalue weighted by molar-refractivity contribution is 0.171. The largest absolute Gasteiger partial charge is 0.486 e. The summed E-state index contributed by atoms with van der Waals surface area (Å²) < 4.78 is 11.0. The number of fused-ring (bicyclic) bond motifs is 1. The van der Waals surface area contributed by atoms with Crippen molar-refractivity contribution in [2.24, 2.45) is 5.92 Å². The van der Waals surface area contributed by atoms with E-state index in [1.807, 2.05) is 12.1 Å². The van der Waals surface area contributed by atoms with Crippen molar-refractivity contribution in [1.82, 2.24) is 0 Å². The summed E-state index contributed by atoms with van der Waals surface area (Å²) in [5.41, 5.74) is 0.942. The van der Waals surface area contributed by atoms with Crippen LogP contribution in [0.4, 0.5) is 5.69 Å². The standard InChI is InChI=1S/C12H14ClNO2/c13-9-5-11-12(16-4-3-15-11)6-10(9)14-7-8-1-2-8/h5-6,8,14H,1-4,7H2. The minimum absolute atomic E-state index is 0.595. The van der Waals surface area contributed by atoms with Crippen molar-refractivity contribution < 1.29 is 9.47 Å². The van der Waals surface area contributed by atoms with Gasteiger partial charge in [0, 0.05) is 18.7 Å². The zero-order valence-electron chi connectivity index (χ0n) is 8.96. The Balaban J connectivity index is 1.80. The Bertz CT molecular complexity index is 404. The Hall–Kier alpha value is -1.09. The number of anilines is 1. The monoisotopic (exact) mass is 239 g/mol. The number of hydrogen-bond acceptors (Lipinski definition) is 3.